The molecule has 3 amide bonds. The smallest absolute Gasteiger partial charge is 0.317 e. The van der Waals surface area contributed by atoms with Crippen LogP contribution >= 0.6 is 0 Å². The number of rotatable bonds is 6. The molecule has 0 saturated carbocycles. The Morgan fingerprint density at radius 1 is 1.32 bits per heavy atom. The van der Waals surface area contributed by atoms with Gasteiger partial charge in [0, 0.05) is 25.8 Å². The molecule has 2 N–H and O–H groups in total. The van der Waals surface area contributed by atoms with E-state index in [0.717, 1.165) is 5.56 Å². The third kappa shape index (κ3) is 4.32. The van der Waals surface area contributed by atoms with E-state index in [9.17, 15) is 14.0 Å². The predicted molar refractivity (Wildman–Crippen MR) is 90.6 cm³/mol. The molecule has 1 atom stereocenters. The Morgan fingerprint density at radius 2 is 2.20 bits per heavy atom. The molecule has 1 saturated heterocycles. The van der Waals surface area contributed by atoms with Gasteiger partial charge in [0.25, 0.3) is 5.91 Å². The molecule has 2 heterocycles. The van der Waals surface area contributed by atoms with Crippen LogP contribution in [0.5, 0.6) is 0 Å². The van der Waals surface area contributed by atoms with Crippen molar-refractivity contribution in [1.29, 1.82) is 0 Å². The second kappa shape index (κ2) is 7.74. The maximum Gasteiger partial charge on any atom is 0.317 e. The minimum absolute atomic E-state index is 0.173. The summed E-state index contributed by atoms with van der Waals surface area (Å²) in [4.78, 5) is 29.9. The van der Waals surface area contributed by atoms with Crippen LogP contribution in [0.4, 0.5) is 9.18 Å². The summed E-state index contributed by atoms with van der Waals surface area (Å²) >= 11 is 0. The van der Waals surface area contributed by atoms with Crippen LogP contribution in [0.3, 0.4) is 0 Å². The molecule has 0 unspecified atom stereocenters. The second-order valence-corrected chi connectivity index (χ2v) is 5.84. The van der Waals surface area contributed by atoms with Crippen LogP contribution in [-0.2, 0) is 6.42 Å². The fourth-order valence-electron chi connectivity index (χ4n) is 2.86. The van der Waals surface area contributed by atoms with Crippen LogP contribution in [0.25, 0.3) is 0 Å². The SMILES string of the molecule is O=C(NC[C@H](Cc1cccc(F)c1)N1CCNC1=O)c1ccccn1. The van der Waals surface area contributed by atoms with Gasteiger partial charge in [0.1, 0.15) is 11.5 Å². The van der Waals surface area contributed by atoms with Gasteiger partial charge < -0.3 is 15.5 Å². The van der Waals surface area contributed by atoms with E-state index < -0.39 is 0 Å². The average molecular weight is 342 g/mol. The zero-order valence-corrected chi connectivity index (χ0v) is 13.6. The number of urea groups is 1. The Balaban J connectivity index is 1.70. The van der Waals surface area contributed by atoms with Gasteiger partial charge in [0.2, 0.25) is 0 Å². The number of carbonyl (C=O) groups is 2. The number of hydrogen-bond donors (Lipinski definition) is 2. The standard InChI is InChI=1S/C18H19FN4O2/c19-14-5-3-4-13(10-14)11-15(23-9-8-21-18(23)25)12-22-17(24)16-6-1-2-7-20-16/h1-7,10,15H,8-9,11-12H2,(H,21,25)(H,22,24)/t15-/m0/s1. The molecule has 1 aromatic carbocycles. The lowest BCUT2D eigenvalue weighted by molar-refractivity contribution is 0.0935. The van der Waals surface area contributed by atoms with Crippen LogP contribution in [0, 0.1) is 5.82 Å². The maximum absolute atomic E-state index is 13.4. The highest BCUT2D eigenvalue weighted by atomic mass is 19.1. The average Bonchev–Trinajstić information content (AvgIpc) is 3.05. The van der Waals surface area contributed by atoms with Gasteiger partial charge in [-0.1, -0.05) is 18.2 Å². The van der Waals surface area contributed by atoms with Gasteiger partial charge in [-0.3, -0.25) is 9.78 Å². The highest BCUT2D eigenvalue weighted by Gasteiger charge is 2.28. The number of halogens is 1. The lowest BCUT2D eigenvalue weighted by Gasteiger charge is -2.27. The van der Waals surface area contributed by atoms with Crippen molar-refractivity contribution in [3.8, 4) is 0 Å². The molecule has 25 heavy (non-hydrogen) atoms. The molecular weight excluding hydrogens is 323 g/mol. The Morgan fingerprint density at radius 3 is 2.88 bits per heavy atom. The summed E-state index contributed by atoms with van der Waals surface area (Å²) in [5.41, 5.74) is 1.09. The topological polar surface area (TPSA) is 74.3 Å². The van der Waals surface area contributed by atoms with E-state index in [1.165, 1.54) is 12.1 Å². The number of carbonyl (C=O) groups excluding carboxylic acids is 2. The normalized spacial score (nSPS) is 14.9. The molecule has 0 bridgehead atoms. The van der Waals surface area contributed by atoms with E-state index in [1.807, 2.05) is 6.07 Å². The van der Waals surface area contributed by atoms with Crippen molar-refractivity contribution < 1.29 is 14.0 Å². The number of aromatic nitrogens is 1. The predicted octanol–water partition coefficient (Wildman–Crippen LogP) is 1.59. The minimum Gasteiger partial charge on any atom is -0.349 e. The first-order valence-corrected chi connectivity index (χ1v) is 8.11. The molecule has 1 aliphatic heterocycles. The summed E-state index contributed by atoms with van der Waals surface area (Å²) in [7, 11) is 0. The molecule has 0 radical (unpaired) electrons. The Labute approximate surface area is 145 Å². The summed E-state index contributed by atoms with van der Waals surface area (Å²) in [5.74, 6) is -0.621. The molecule has 6 nitrogen and oxygen atoms in total. The summed E-state index contributed by atoms with van der Waals surface area (Å²) in [6.07, 6.45) is 2.00. The van der Waals surface area contributed by atoms with Crippen molar-refractivity contribution in [2.45, 2.75) is 12.5 Å². The van der Waals surface area contributed by atoms with Gasteiger partial charge in [0.05, 0.1) is 6.04 Å². The van der Waals surface area contributed by atoms with Gasteiger partial charge in [-0.05, 0) is 36.2 Å². The van der Waals surface area contributed by atoms with Crippen molar-refractivity contribution in [3.63, 3.8) is 0 Å². The summed E-state index contributed by atoms with van der Waals surface area (Å²) < 4.78 is 13.4. The zero-order chi connectivity index (χ0) is 17.6. The molecule has 0 spiro atoms. The Bertz CT molecular complexity index is 754. The van der Waals surface area contributed by atoms with Gasteiger partial charge in [-0.25, -0.2) is 9.18 Å². The van der Waals surface area contributed by atoms with Crippen LogP contribution in [0.2, 0.25) is 0 Å². The van der Waals surface area contributed by atoms with Gasteiger partial charge in [0.15, 0.2) is 0 Å². The summed E-state index contributed by atoms with van der Waals surface area (Å²) in [5, 5.41) is 5.57. The second-order valence-electron chi connectivity index (χ2n) is 5.84. The lowest BCUT2D eigenvalue weighted by atomic mass is 10.0. The van der Waals surface area contributed by atoms with Crippen molar-refractivity contribution in [3.05, 3.63) is 65.7 Å². The molecular formula is C18H19FN4O2. The van der Waals surface area contributed by atoms with E-state index in [2.05, 4.69) is 15.6 Å². The van der Waals surface area contributed by atoms with Crippen molar-refractivity contribution in [1.82, 2.24) is 20.5 Å². The first kappa shape index (κ1) is 16.9. The number of amides is 3. The van der Waals surface area contributed by atoms with E-state index in [4.69, 9.17) is 0 Å². The van der Waals surface area contributed by atoms with Gasteiger partial charge >= 0.3 is 6.03 Å². The molecule has 1 aliphatic rings. The molecule has 1 aromatic heterocycles. The fraction of sp³-hybridized carbons (Fsp3) is 0.278. The number of nitrogens with one attached hydrogen (secondary N) is 2. The molecule has 130 valence electrons. The molecule has 3 rings (SSSR count). The quantitative estimate of drug-likeness (QED) is 0.837. The lowest BCUT2D eigenvalue weighted by Crippen LogP contribution is -2.46. The maximum atomic E-state index is 13.4. The number of nitrogens with zero attached hydrogens (tertiary/aromatic N) is 2. The van der Waals surface area contributed by atoms with Crippen molar-refractivity contribution in [2.24, 2.45) is 0 Å². The van der Waals surface area contributed by atoms with E-state index in [0.29, 0.717) is 25.2 Å². The summed E-state index contributed by atoms with van der Waals surface area (Å²) in [6, 6.07) is 10.9. The number of hydrogen-bond acceptors (Lipinski definition) is 3. The van der Waals surface area contributed by atoms with Gasteiger partial charge in [-0.2, -0.15) is 0 Å². The van der Waals surface area contributed by atoms with Crippen LogP contribution in [0.1, 0.15) is 16.1 Å². The van der Waals surface area contributed by atoms with Gasteiger partial charge in [-0.15, -0.1) is 0 Å². The van der Waals surface area contributed by atoms with Crippen molar-refractivity contribution in [2.75, 3.05) is 19.6 Å². The highest BCUT2D eigenvalue weighted by Crippen LogP contribution is 2.13. The van der Waals surface area contributed by atoms with Crippen LogP contribution in [-0.4, -0.2) is 47.5 Å². The largest absolute Gasteiger partial charge is 0.349 e. The first-order valence-electron chi connectivity index (χ1n) is 8.11. The first-order chi connectivity index (χ1) is 12.1. The van der Waals surface area contributed by atoms with Crippen molar-refractivity contribution >= 4 is 11.9 Å². The fourth-order valence-corrected chi connectivity index (χ4v) is 2.86. The van der Waals surface area contributed by atoms with Crippen LogP contribution < -0.4 is 10.6 Å². The monoisotopic (exact) mass is 342 g/mol. The van der Waals surface area contributed by atoms with E-state index in [1.54, 1.807) is 35.4 Å². The third-order valence-corrected chi connectivity index (χ3v) is 4.09. The summed E-state index contributed by atoms with van der Waals surface area (Å²) in [6.45, 7) is 1.38. The highest BCUT2D eigenvalue weighted by molar-refractivity contribution is 5.92. The molecule has 0 aliphatic carbocycles. The molecule has 2 aromatic rings. The van der Waals surface area contributed by atoms with E-state index in [-0.39, 0.29) is 30.3 Å². The Hall–Kier alpha value is -2.96. The Kier molecular flexibility index (Phi) is 5.23. The molecule has 1 fully saturated rings. The minimum atomic E-state index is -0.320. The third-order valence-electron chi connectivity index (χ3n) is 4.09. The molecule has 7 heteroatoms. The van der Waals surface area contributed by atoms with E-state index >= 15 is 0 Å². The van der Waals surface area contributed by atoms with Crippen LogP contribution in [0.15, 0.2) is 48.7 Å². The number of benzene rings is 1. The zero-order valence-electron chi connectivity index (χ0n) is 13.6. The number of pyridine rings is 1.